The maximum atomic E-state index is 10.2. The van der Waals surface area contributed by atoms with Crippen molar-refractivity contribution in [2.24, 2.45) is 0 Å². The van der Waals surface area contributed by atoms with Crippen LogP contribution in [-0.2, 0) is 15.9 Å². The second-order valence-corrected chi connectivity index (χ2v) is 5.47. The van der Waals surface area contributed by atoms with Gasteiger partial charge < -0.3 is 14.6 Å². The Hall–Kier alpha value is -0.900. The van der Waals surface area contributed by atoms with Crippen molar-refractivity contribution in [1.82, 2.24) is 0 Å². The number of ether oxygens (including phenoxy) is 2. The monoisotopic (exact) mass is 250 g/mol. The summed E-state index contributed by atoms with van der Waals surface area (Å²) in [5, 5.41) is 10.2. The second kappa shape index (κ2) is 5.39. The maximum absolute atomic E-state index is 10.2. The van der Waals surface area contributed by atoms with Crippen LogP contribution in [0.2, 0.25) is 0 Å². The summed E-state index contributed by atoms with van der Waals surface area (Å²) in [4.78, 5) is 0. The molecule has 2 unspecified atom stereocenters. The summed E-state index contributed by atoms with van der Waals surface area (Å²) in [7, 11) is 1.71. The molecule has 0 heterocycles. The van der Waals surface area contributed by atoms with E-state index < -0.39 is 6.10 Å². The van der Waals surface area contributed by atoms with E-state index >= 15 is 0 Å². The average Bonchev–Trinajstić information content (AvgIpc) is 2.67. The molecular formula is C15H22O3. The molecule has 1 aromatic rings. The Morgan fingerprint density at radius 1 is 1.33 bits per heavy atom. The molecule has 18 heavy (non-hydrogen) atoms. The summed E-state index contributed by atoms with van der Waals surface area (Å²) in [6.07, 6.45) is 1.01. The number of hydrogen-bond acceptors (Lipinski definition) is 3. The Bertz CT molecular complexity index is 400. The van der Waals surface area contributed by atoms with Crippen LogP contribution in [0, 0.1) is 0 Å². The molecule has 0 saturated heterocycles. The minimum Gasteiger partial charge on any atom is -0.386 e. The highest BCUT2D eigenvalue weighted by Crippen LogP contribution is 2.33. The summed E-state index contributed by atoms with van der Waals surface area (Å²) >= 11 is 0. The van der Waals surface area contributed by atoms with E-state index in [4.69, 9.17) is 9.47 Å². The van der Waals surface area contributed by atoms with Crippen LogP contribution in [0.15, 0.2) is 24.3 Å². The molecule has 100 valence electrons. The third-order valence-corrected chi connectivity index (χ3v) is 3.74. The van der Waals surface area contributed by atoms with Gasteiger partial charge in [0, 0.05) is 20.1 Å². The van der Waals surface area contributed by atoms with Crippen molar-refractivity contribution in [1.29, 1.82) is 0 Å². The van der Waals surface area contributed by atoms with Crippen molar-refractivity contribution >= 4 is 0 Å². The minimum atomic E-state index is -0.494. The zero-order chi connectivity index (χ0) is 13.2. The topological polar surface area (TPSA) is 38.7 Å². The van der Waals surface area contributed by atoms with Gasteiger partial charge in [-0.1, -0.05) is 24.3 Å². The second-order valence-electron chi connectivity index (χ2n) is 5.47. The number of methoxy groups -OCH3 is 1. The van der Waals surface area contributed by atoms with Crippen molar-refractivity contribution in [2.75, 3.05) is 13.7 Å². The number of aliphatic hydroxyl groups excluding tert-OH is 1. The third-order valence-electron chi connectivity index (χ3n) is 3.74. The lowest BCUT2D eigenvalue weighted by Gasteiger charge is -2.24. The van der Waals surface area contributed by atoms with E-state index in [9.17, 15) is 5.11 Å². The van der Waals surface area contributed by atoms with Gasteiger partial charge >= 0.3 is 0 Å². The molecule has 3 heteroatoms. The van der Waals surface area contributed by atoms with Gasteiger partial charge in [0.05, 0.1) is 11.7 Å². The molecule has 0 spiro atoms. The van der Waals surface area contributed by atoms with Crippen LogP contribution in [0.25, 0.3) is 0 Å². The van der Waals surface area contributed by atoms with E-state index in [1.165, 1.54) is 5.56 Å². The Morgan fingerprint density at radius 3 is 2.72 bits per heavy atom. The van der Waals surface area contributed by atoms with Gasteiger partial charge in [-0.25, -0.2) is 0 Å². The summed E-state index contributed by atoms with van der Waals surface area (Å²) in [5.74, 6) is 0. The Morgan fingerprint density at radius 2 is 2.06 bits per heavy atom. The Kier molecular flexibility index (Phi) is 4.05. The summed E-state index contributed by atoms with van der Waals surface area (Å²) in [5.41, 5.74) is 2.03. The number of benzene rings is 1. The summed E-state index contributed by atoms with van der Waals surface area (Å²) < 4.78 is 11.2. The van der Waals surface area contributed by atoms with Crippen LogP contribution in [0.3, 0.4) is 0 Å². The molecular weight excluding hydrogens is 228 g/mol. The molecule has 0 amide bonds. The van der Waals surface area contributed by atoms with Gasteiger partial charge in [-0.15, -0.1) is 0 Å². The molecule has 3 nitrogen and oxygen atoms in total. The van der Waals surface area contributed by atoms with Gasteiger partial charge in [0.25, 0.3) is 0 Å². The fourth-order valence-electron chi connectivity index (χ4n) is 2.25. The van der Waals surface area contributed by atoms with Gasteiger partial charge in [-0.3, -0.25) is 0 Å². The van der Waals surface area contributed by atoms with Crippen molar-refractivity contribution in [3.8, 4) is 0 Å². The normalized spacial score (nSPS) is 23.1. The van der Waals surface area contributed by atoms with Crippen LogP contribution < -0.4 is 0 Å². The lowest BCUT2D eigenvalue weighted by Crippen LogP contribution is -2.27. The molecule has 0 aliphatic heterocycles. The zero-order valence-corrected chi connectivity index (χ0v) is 11.3. The predicted octanol–water partition coefficient (Wildman–Crippen LogP) is 2.48. The lowest BCUT2D eigenvalue weighted by molar-refractivity contribution is -0.0583. The molecule has 1 aromatic carbocycles. The van der Waals surface area contributed by atoms with Crippen LogP contribution in [0.5, 0.6) is 0 Å². The van der Waals surface area contributed by atoms with Gasteiger partial charge in [0.2, 0.25) is 0 Å². The number of fused-ring (bicyclic) bond motifs is 1. The molecule has 0 bridgehead atoms. The highest BCUT2D eigenvalue weighted by molar-refractivity contribution is 5.35. The summed E-state index contributed by atoms with van der Waals surface area (Å²) in [6, 6.07) is 7.99. The largest absolute Gasteiger partial charge is 0.386 e. The van der Waals surface area contributed by atoms with E-state index in [-0.39, 0.29) is 11.7 Å². The van der Waals surface area contributed by atoms with Crippen LogP contribution in [0.1, 0.15) is 37.5 Å². The van der Waals surface area contributed by atoms with E-state index in [1.807, 2.05) is 32.0 Å². The van der Waals surface area contributed by atoms with E-state index in [2.05, 4.69) is 6.07 Å². The third kappa shape index (κ3) is 2.91. The van der Waals surface area contributed by atoms with Crippen LogP contribution in [-0.4, -0.2) is 30.5 Å². The van der Waals surface area contributed by atoms with Gasteiger partial charge in [-0.05, 0) is 31.4 Å². The van der Waals surface area contributed by atoms with Crippen molar-refractivity contribution < 1.29 is 14.6 Å². The SMILES string of the molecule is COC(C)(C)CCOC1Cc2ccccc2C1O. The van der Waals surface area contributed by atoms with E-state index in [0.717, 1.165) is 18.4 Å². The smallest absolute Gasteiger partial charge is 0.106 e. The van der Waals surface area contributed by atoms with E-state index in [0.29, 0.717) is 6.61 Å². The first-order valence-electron chi connectivity index (χ1n) is 6.46. The molecule has 2 atom stereocenters. The Labute approximate surface area is 109 Å². The van der Waals surface area contributed by atoms with Crippen molar-refractivity contribution in [2.45, 2.75) is 44.5 Å². The predicted molar refractivity (Wildman–Crippen MR) is 70.6 cm³/mol. The van der Waals surface area contributed by atoms with Crippen molar-refractivity contribution in [3.05, 3.63) is 35.4 Å². The first kappa shape index (κ1) is 13.5. The average molecular weight is 250 g/mol. The maximum Gasteiger partial charge on any atom is 0.106 e. The van der Waals surface area contributed by atoms with Gasteiger partial charge in [-0.2, -0.15) is 0 Å². The molecule has 0 fully saturated rings. The lowest BCUT2D eigenvalue weighted by atomic mass is 10.1. The molecule has 0 radical (unpaired) electrons. The number of hydrogen-bond donors (Lipinski definition) is 1. The fourth-order valence-corrected chi connectivity index (χ4v) is 2.25. The molecule has 2 rings (SSSR count). The molecule has 1 aliphatic carbocycles. The van der Waals surface area contributed by atoms with Crippen LogP contribution >= 0.6 is 0 Å². The highest BCUT2D eigenvalue weighted by atomic mass is 16.5. The first-order valence-corrected chi connectivity index (χ1v) is 6.46. The van der Waals surface area contributed by atoms with Gasteiger partial charge in [0.1, 0.15) is 6.10 Å². The van der Waals surface area contributed by atoms with Gasteiger partial charge in [0.15, 0.2) is 0 Å². The molecule has 1 N–H and O–H groups in total. The molecule has 0 aromatic heterocycles. The van der Waals surface area contributed by atoms with Crippen LogP contribution in [0.4, 0.5) is 0 Å². The quantitative estimate of drug-likeness (QED) is 0.872. The van der Waals surface area contributed by atoms with E-state index in [1.54, 1.807) is 7.11 Å². The molecule has 1 aliphatic rings. The fraction of sp³-hybridized carbons (Fsp3) is 0.600. The number of aliphatic hydroxyl groups is 1. The number of rotatable bonds is 5. The zero-order valence-electron chi connectivity index (χ0n) is 11.3. The first-order chi connectivity index (χ1) is 8.53. The standard InChI is InChI=1S/C15H22O3/c1-15(2,17-3)8-9-18-13-10-11-6-4-5-7-12(11)14(13)16/h4-7,13-14,16H,8-10H2,1-3H3. The minimum absolute atomic E-state index is 0.116. The summed E-state index contributed by atoms with van der Waals surface area (Å²) in [6.45, 7) is 4.68. The van der Waals surface area contributed by atoms with Crippen molar-refractivity contribution in [3.63, 3.8) is 0 Å². The Balaban J connectivity index is 1.87. The molecule has 0 saturated carbocycles. The highest BCUT2D eigenvalue weighted by Gasteiger charge is 2.31.